The lowest BCUT2D eigenvalue weighted by molar-refractivity contribution is -0.152. The number of hydrogen-bond acceptors (Lipinski definition) is 5. The number of anilines is 1. The van der Waals surface area contributed by atoms with Crippen LogP contribution in [0.3, 0.4) is 0 Å². The standard InChI is InChI=1S/C18H22N4O4/c1-11-16(12(2)22(4)21-11)20-17(24)13(3)26-15(23)10-19-18(25)14-8-6-5-7-9-14/h5-9,13H,10H2,1-4H3,(H,19,25)(H,20,24)/t13-/m0/s1. The number of nitrogens with zero attached hydrogens (tertiary/aromatic N) is 2. The monoisotopic (exact) mass is 358 g/mol. The number of aromatic nitrogens is 2. The first-order valence-electron chi connectivity index (χ1n) is 8.13. The summed E-state index contributed by atoms with van der Waals surface area (Å²) in [6.45, 7) is 4.74. The predicted molar refractivity (Wildman–Crippen MR) is 95.6 cm³/mol. The molecule has 138 valence electrons. The first-order chi connectivity index (χ1) is 12.3. The molecule has 2 amide bonds. The SMILES string of the molecule is Cc1nn(C)c(C)c1NC(=O)[C@H](C)OC(=O)CNC(=O)c1ccccc1. The van der Waals surface area contributed by atoms with Gasteiger partial charge in [-0.2, -0.15) is 5.10 Å². The number of hydrogen-bond donors (Lipinski definition) is 2. The summed E-state index contributed by atoms with van der Waals surface area (Å²) in [5.74, 6) is -1.55. The number of carbonyl (C=O) groups excluding carboxylic acids is 3. The van der Waals surface area contributed by atoms with Crippen LogP contribution in [0.2, 0.25) is 0 Å². The Morgan fingerprint density at radius 3 is 2.42 bits per heavy atom. The van der Waals surface area contributed by atoms with E-state index in [9.17, 15) is 14.4 Å². The molecule has 8 nitrogen and oxygen atoms in total. The molecule has 2 N–H and O–H groups in total. The van der Waals surface area contributed by atoms with Crippen LogP contribution in [0.25, 0.3) is 0 Å². The van der Waals surface area contributed by atoms with Gasteiger partial charge in [-0.15, -0.1) is 0 Å². The zero-order valence-electron chi connectivity index (χ0n) is 15.2. The van der Waals surface area contributed by atoms with Crippen LogP contribution in [-0.4, -0.2) is 40.2 Å². The van der Waals surface area contributed by atoms with Gasteiger partial charge in [0.25, 0.3) is 11.8 Å². The van der Waals surface area contributed by atoms with Crippen molar-refractivity contribution in [1.82, 2.24) is 15.1 Å². The molecule has 1 atom stereocenters. The molecule has 2 aromatic rings. The number of esters is 1. The summed E-state index contributed by atoms with van der Waals surface area (Å²) in [6.07, 6.45) is -1.00. The largest absolute Gasteiger partial charge is 0.451 e. The predicted octanol–water partition coefficient (Wildman–Crippen LogP) is 1.34. The van der Waals surface area contributed by atoms with Gasteiger partial charge in [0.2, 0.25) is 0 Å². The minimum absolute atomic E-state index is 0.323. The fraction of sp³-hybridized carbons (Fsp3) is 0.333. The molecule has 1 heterocycles. The Bertz CT molecular complexity index is 814. The summed E-state index contributed by atoms with van der Waals surface area (Å²) < 4.78 is 6.72. The van der Waals surface area contributed by atoms with E-state index in [1.54, 1.807) is 49.0 Å². The molecule has 0 saturated heterocycles. The van der Waals surface area contributed by atoms with Gasteiger partial charge in [-0.1, -0.05) is 18.2 Å². The zero-order valence-corrected chi connectivity index (χ0v) is 15.2. The van der Waals surface area contributed by atoms with E-state index in [-0.39, 0.29) is 12.5 Å². The molecule has 0 saturated carbocycles. The average Bonchev–Trinajstić information content (AvgIpc) is 2.86. The Hall–Kier alpha value is -3.16. The van der Waals surface area contributed by atoms with Crippen molar-refractivity contribution in [2.45, 2.75) is 26.9 Å². The summed E-state index contributed by atoms with van der Waals surface area (Å²) in [6, 6.07) is 8.51. The first-order valence-corrected chi connectivity index (χ1v) is 8.13. The fourth-order valence-electron chi connectivity index (χ4n) is 2.32. The van der Waals surface area contributed by atoms with Gasteiger partial charge in [0.05, 0.1) is 17.1 Å². The fourth-order valence-corrected chi connectivity index (χ4v) is 2.32. The van der Waals surface area contributed by atoms with Gasteiger partial charge in [-0.05, 0) is 32.9 Å². The Labute approximate surface area is 151 Å². The van der Waals surface area contributed by atoms with E-state index in [4.69, 9.17) is 4.74 Å². The molecule has 0 aliphatic carbocycles. The molecular formula is C18H22N4O4. The molecule has 1 aromatic heterocycles. The highest BCUT2D eigenvalue weighted by atomic mass is 16.5. The highest BCUT2D eigenvalue weighted by Crippen LogP contribution is 2.18. The van der Waals surface area contributed by atoms with E-state index >= 15 is 0 Å². The Balaban J connectivity index is 1.84. The smallest absolute Gasteiger partial charge is 0.326 e. The van der Waals surface area contributed by atoms with Crippen molar-refractivity contribution in [2.24, 2.45) is 7.05 Å². The normalized spacial score (nSPS) is 11.5. The number of amides is 2. The van der Waals surface area contributed by atoms with Crippen LogP contribution in [0.15, 0.2) is 30.3 Å². The quantitative estimate of drug-likeness (QED) is 0.759. The minimum atomic E-state index is -1.00. The van der Waals surface area contributed by atoms with Crippen LogP contribution < -0.4 is 10.6 Å². The minimum Gasteiger partial charge on any atom is -0.451 e. The van der Waals surface area contributed by atoms with Crippen LogP contribution >= 0.6 is 0 Å². The molecule has 0 unspecified atom stereocenters. The molecule has 0 aliphatic heterocycles. The molecule has 2 rings (SSSR count). The van der Waals surface area contributed by atoms with Crippen LogP contribution in [0.4, 0.5) is 5.69 Å². The van der Waals surface area contributed by atoms with Crippen molar-refractivity contribution in [1.29, 1.82) is 0 Å². The van der Waals surface area contributed by atoms with E-state index < -0.39 is 18.0 Å². The highest BCUT2D eigenvalue weighted by molar-refractivity contribution is 5.97. The van der Waals surface area contributed by atoms with E-state index in [1.165, 1.54) is 6.92 Å². The number of rotatable bonds is 6. The lowest BCUT2D eigenvalue weighted by Gasteiger charge is -2.14. The topological polar surface area (TPSA) is 102 Å². The Morgan fingerprint density at radius 2 is 1.85 bits per heavy atom. The van der Waals surface area contributed by atoms with Gasteiger partial charge in [-0.3, -0.25) is 19.1 Å². The maximum atomic E-state index is 12.2. The molecule has 0 spiro atoms. The van der Waals surface area contributed by atoms with Gasteiger partial charge >= 0.3 is 5.97 Å². The summed E-state index contributed by atoms with van der Waals surface area (Å²) in [5, 5.41) is 9.37. The first kappa shape index (κ1) is 19.2. The molecular weight excluding hydrogens is 336 g/mol. The van der Waals surface area contributed by atoms with Gasteiger partial charge < -0.3 is 15.4 Å². The Morgan fingerprint density at radius 1 is 1.19 bits per heavy atom. The van der Waals surface area contributed by atoms with E-state index in [0.29, 0.717) is 16.9 Å². The lowest BCUT2D eigenvalue weighted by Crippen LogP contribution is -2.36. The zero-order chi connectivity index (χ0) is 19.3. The second-order valence-corrected chi connectivity index (χ2v) is 5.84. The average molecular weight is 358 g/mol. The van der Waals surface area contributed by atoms with E-state index in [1.807, 2.05) is 6.92 Å². The van der Waals surface area contributed by atoms with Gasteiger partial charge in [0.15, 0.2) is 6.10 Å². The van der Waals surface area contributed by atoms with Crippen molar-refractivity contribution in [3.05, 3.63) is 47.3 Å². The molecule has 0 aliphatic rings. The summed E-state index contributed by atoms with van der Waals surface area (Å²) >= 11 is 0. The van der Waals surface area contributed by atoms with Crippen LogP contribution in [0, 0.1) is 13.8 Å². The van der Waals surface area contributed by atoms with E-state index in [2.05, 4.69) is 15.7 Å². The van der Waals surface area contributed by atoms with Crippen molar-refractivity contribution in [2.75, 3.05) is 11.9 Å². The number of ether oxygens (including phenoxy) is 1. The van der Waals surface area contributed by atoms with Crippen molar-refractivity contribution in [3.63, 3.8) is 0 Å². The molecule has 26 heavy (non-hydrogen) atoms. The third kappa shape index (κ3) is 4.69. The van der Waals surface area contributed by atoms with Crippen molar-refractivity contribution >= 4 is 23.5 Å². The molecule has 0 bridgehead atoms. The third-order valence-corrected chi connectivity index (χ3v) is 3.86. The third-order valence-electron chi connectivity index (χ3n) is 3.86. The molecule has 1 aromatic carbocycles. The van der Waals surface area contributed by atoms with Gasteiger partial charge in [-0.25, -0.2) is 0 Å². The van der Waals surface area contributed by atoms with Gasteiger partial charge in [0.1, 0.15) is 6.54 Å². The van der Waals surface area contributed by atoms with Crippen molar-refractivity contribution in [3.8, 4) is 0 Å². The van der Waals surface area contributed by atoms with E-state index in [0.717, 1.165) is 5.69 Å². The summed E-state index contributed by atoms with van der Waals surface area (Å²) in [5.41, 5.74) is 2.50. The number of aryl methyl sites for hydroxylation is 2. The van der Waals surface area contributed by atoms with Crippen LogP contribution in [-0.2, 0) is 21.4 Å². The summed E-state index contributed by atoms with van der Waals surface area (Å²) in [7, 11) is 1.77. The molecule has 8 heteroatoms. The number of nitrogens with one attached hydrogen (secondary N) is 2. The second-order valence-electron chi connectivity index (χ2n) is 5.84. The molecule has 0 radical (unpaired) electrons. The number of benzene rings is 1. The van der Waals surface area contributed by atoms with Crippen molar-refractivity contribution < 1.29 is 19.1 Å². The second kappa shape index (κ2) is 8.28. The molecule has 0 fully saturated rings. The van der Waals surface area contributed by atoms with Crippen LogP contribution in [0.5, 0.6) is 0 Å². The maximum Gasteiger partial charge on any atom is 0.326 e. The number of carbonyl (C=O) groups is 3. The Kier molecular flexibility index (Phi) is 6.11. The van der Waals surface area contributed by atoms with Crippen LogP contribution in [0.1, 0.15) is 28.7 Å². The van der Waals surface area contributed by atoms with Gasteiger partial charge in [0, 0.05) is 12.6 Å². The lowest BCUT2D eigenvalue weighted by atomic mass is 10.2. The highest BCUT2D eigenvalue weighted by Gasteiger charge is 2.21. The maximum absolute atomic E-state index is 12.2. The summed E-state index contributed by atoms with van der Waals surface area (Å²) in [4.78, 5) is 35.9.